The Hall–Kier alpha value is -1.40. The lowest BCUT2D eigenvalue weighted by atomic mass is 10.0. The van der Waals surface area contributed by atoms with E-state index in [1.165, 1.54) is 18.2 Å². The SMILES string of the molecule is CC#CCCC(Cc1c(F)cccc1F)NC. The highest BCUT2D eigenvalue weighted by molar-refractivity contribution is 5.20. The summed E-state index contributed by atoms with van der Waals surface area (Å²) in [7, 11) is 1.79. The zero-order valence-corrected chi connectivity index (χ0v) is 10.2. The van der Waals surface area contributed by atoms with Crippen LogP contribution in [-0.4, -0.2) is 13.1 Å². The molecule has 3 heteroatoms. The molecule has 0 amide bonds. The quantitative estimate of drug-likeness (QED) is 0.776. The molecule has 0 aliphatic carbocycles. The second-order valence-electron chi connectivity index (χ2n) is 3.86. The minimum absolute atomic E-state index is 0.0437. The van der Waals surface area contributed by atoms with Gasteiger partial charge in [0.05, 0.1) is 0 Å². The van der Waals surface area contributed by atoms with Gasteiger partial charge in [0.2, 0.25) is 0 Å². The molecule has 0 aliphatic rings. The van der Waals surface area contributed by atoms with E-state index >= 15 is 0 Å². The van der Waals surface area contributed by atoms with Crippen LogP contribution in [0.3, 0.4) is 0 Å². The molecule has 1 nitrogen and oxygen atoms in total. The average molecular weight is 237 g/mol. The van der Waals surface area contributed by atoms with Crippen LogP contribution in [0.5, 0.6) is 0 Å². The first-order chi connectivity index (χ1) is 8.19. The zero-order chi connectivity index (χ0) is 12.7. The maximum Gasteiger partial charge on any atom is 0.129 e. The van der Waals surface area contributed by atoms with Gasteiger partial charge in [0.25, 0.3) is 0 Å². The molecule has 1 aromatic carbocycles. The fourth-order valence-electron chi connectivity index (χ4n) is 1.69. The van der Waals surface area contributed by atoms with E-state index in [4.69, 9.17) is 0 Å². The number of nitrogens with one attached hydrogen (secondary N) is 1. The van der Waals surface area contributed by atoms with Gasteiger partial charge in [0.15, 0.2) is 0 Å². The van der Waals surface area contributed by atoms with Crippen molar-refractivity contribution in [3.05, 3.63) is 35.4 Å². The molecule has 1 unspecified atom stereocenters. The summed E-state index contributed by atoms with van der Waals surface area (Å²) in [6.45, 7) is 1.78. The Bertz CT molecular complexity index is 398. The van der Waals surface area contributed by atoms with Gasteiger partial charge >= 0.3 is 0 Å². The third-order valence-corrected chi connectivity index (χ3v) is 2.72. The first-order valence-corrected chi connectivity index (χ1v) is 5.68. The van der Waals surface area contributed by atoms with Crippen molar-refractivity contribution in [2.75, 3.05) is 7.05 Å². The van der Waals surface area contributed by atoms with E-state index < -0.39 is 11.6 Å². The fourth-order valence-corrected chi connectivity index (χ4v) is 1.69. The molecule has 17 heavy (non-hydrogen) atoms. The molecule has 0 fully saturated rings. The van der Waals surface area contributed by atoms with Crippen LogP contribution in [0.1, 0.15) is 25.3 Å². The van der Waals surface area contributed by atoms with Crippen LogP contribution in [0.15, 0.2) is 18.2 Å². The highest BCUT2D eigenvalue weighted by atomic mass is 19.1. The minimum atomic E-state index is -0.480. The maximum absolute atomic E-state index is 13.4. The Morgan fingerprint density at radius 1 is 1.29 bits per heavy atom. The van der Waals surface area contributed by atoms with E-state index in [0.717, 1.165) is 12.8 Å². The molecule has 1 N–H and O–H groups in total. The molecule has 0 radical (unpaired) electrons. The molecule has 0 saturated heterocycles. The summed E-state index contributed by atoms with van der Waals surface area (Å²) in [4.78, 5) is 0. The van der Waals surface area contributed by atoms with Crippen molar-refractivity contribution in [2.45, 2.75) is 32.2 Å². The molecule has 92 valence electrons. The van der Waals surface area contributed by atoms with Crippen molar-refractivity contribution in [2.24, 2.45) is 0 Å². The summed E-state index contributed by atoms with van der Waals surface area (Å²) in [6.07, 6.45) is 1.86. The molecule has 0 aromatic heterocycles. The Balaban J connectivity index is 2.69. The molecule has 0 spiro atoms. The summed E-state index contributed by atoms with van der Waals surface area (Å²) in [5, 5.41) is 3.06. The van der Waals surface area contributed by atoms with Crippen LogP contribution in [-0.2, 0) is 6.42 Å². The van der Waals surface area contributed by atoms with Crippen molar-refractivity contribution in [1.29, 1.82) is 0 Å². The normalized spacial score (nSPS) is 11.8. The first kappa shape index (κ1) is 13.7. The van der Waals surface area contributed by atoms with Gasteiger partial charge < -0.3 is 5.32 Å². The van der Waals surface area contributed by atoms with Crippen molar-refractivity contribution in [1.82, 2.24) is 5.32 Å². The fraction of sp³-hybridized carbons (Fsp3) is 0.429. The second kappa shape index (κ2) is 7.03. The second-order valence-corrected chi connectivity index (χ2v) is 3.86. The van der Waals surface area contributed by atoms with Crippen molar-refractivity contribution >= 4 is 0 Å². The molecule has 0 aliphatic heterocycles. The van der Waals surface area contributed by atoms with Crippen LogP contribution >= 0.6 is 0 Å². The third-order valence-electron chi connectivity index (χ3n) is 2.72. The Morgan fingerprint density at radius 2 is 1.94 bits per heavy atom. The number of halogens is 2. The van der Waals surface area contributed by atoms with Gasteiger partial charge in [0, 0.05) is 18.0 Å². The number of hydrogen-bond acceptors (Lipinski definition) is 1. The molecule has 1 aromatic rings. The van der Waals surface area contributed by atoms with E-state index in [2.05, 4.69) is 17.2 Å². The highest BCUT2D eigenvalue weighted by Gasteiger charge is 2.13. The van der Waals surface area contributed by atoms with Gasteiger partial charge in [-0.3, -0.25) is 0 Å². The van der Waals surface area contributed by atoms with E-state index in [9.17, 15) is 8.78 Å². The molecule has 0 saturated carbocycles. The topological polar surface area (TPSA) is 12.0 Å². The molecular weight excluding hydrogens is 220 g/mol. The van der Waals surface area contributed by atoms with Gasteiger partial charge in [-0.2, -0.15) is 0 Å². The van der Waals surface area contributed by atoms with Gasteiger partial charge in [-0.25, -0.2) is 8.78 Å². The van der Waals surface area contributed by atoms with E-state index in [1.807, 2.05) is 0 Å². The average Bonchev–Trinajstić information content (AvgIpc) is 2.32. The van der Waals surface area contributed by atoms with E-state index in [-0.39, 0.29) is 11.6 Å². The standard InChI is InChI=1S/C14H17F2N/c1-3-4-5-7-11(17-2)10-12-13(15)8-6-9-14(12)16/h6,8-9,11,17H,5,7,10H2,1-2H3. The van der Waals surface area contributed by atoms with E-state index in [1.54, 1.807) is 14.0 Å². The van der Waals surface area contributed by atoms with Crippen LogP contribution in [0.4, 0.5) is 8.78 Å². The predicted molar refractivity (Wildman–Crippen MR) is 65.6 cm³/mol. The van der Waals surface area contributed by atoms with Crippen molar-refractivity contribution in [3.8, 4) is 11.8 Å². The number of benzene rings is 1. The van der Waals surface area contributed by atoms with Gasteiger partial charge in [-0.15, -0.1) is 11.8 Å². The number of likely N-dealkylation sites (N-methyl/N-ethyl adjacent to an activating group) is 1. The van der Waals surface area contributed by atoms with Crippen LogP contribution in [0, 0.1) is 23.5 Å². The van der Waals surface area contributed by atoms with Crippen LogP contribution < -0.4 is 5.32 Å². The molecule has 1 rings (SSSR count). The smallest absolute Gasteiger partial charge is 0.129 e. The summed E-state index contributed by atoms with van der Waals surface area (Å²) in [5.74, 6) is 4.80. The lowest BCUT2D eigenvalue weighted by Gasteiger charge is -2.15. The lowest BCUT2D eigenvalue weighted by molar-refractivity contribution is 0.487. The van der Waals surface area contributed by atoms with Crippen LogP contribution in [0.25, 0.3) is 0 Å². The molecular formula is C14H17F2N. The molecule has 0 heterocycles. The minimum Gasteiger partial charge on any atom is -0.317 e. The lowest BCUT2D eigenvalue weighted by Crippen LogP contribution is -2.28. The largest absolute Gasteiger partial charge is 0.317 e. The van der Waals surface area contributed by atoms with Crippen LogP contribution in [0.2, 0.25) is 0 Å². The highest BCUT2D eigenvalue weighted by Crippen LogP contribution is 2.15. The monoisotopic (exact) mass is 237 g/mol. The summed E-state index contributed by atoms with van der Waals surface area (Å²) in [5.41, 5.74) is 0.149. The van der Waals surface area contributed by atoms with Crippen molar-refractivity contribution in [3.63, 3.8) is 0 Å². The summed E-state index contributed by atoms with van der Waals surface area (Å²) < 4.78 is 26.9. The zero-order valence-electron chi connectivity index (χ0n) is 10.2. The number of hydrogen-bond donors (Lipinski definition) is 1. The van der Waals surface area contributed by atoms with Gasteiger partial charge in [-0.1, -0.05) is 6.07 Å². The number of rotatable bonds is 5. The Kier molecular flexibility index (Phi) is 5.65. The van der Waals surface area contributed by atoms with Gasteiger partial charge in [0.1, 0.15) is 11.6 Å². The predicted octanol–water partition coefficient (Wildman–Crippen LogP) is 2.90. The summed E-state index contributed by atoms with van der Waals surface area (Å²) in [6, 6.07) is 4.00. The van der Waals surface area contributed by atoms with Crippen molar-refractivity contribution < 1.29 is 8.78 Å². The Morgan fingerprint density at radius 3 is 2.47 bits per heavy atom. The van der Waals surface area contributed by atoms with Gasteiger partial charge in [-0.05, 0) is 38.9 Å². The van der Waals surface area contributed by atoms with E-state index in [0.29, 0.717) is 6.42 Å². The molecule has 1 atom stereocenters. The Labute approximate surface area is 101 Å². The summed E-state index contributed by atoms with van der Waals surface area (Å²) >= 11 is 0. The first-order valence-electron chi connectivity index (χ1n) is 5.68. The maximum atomic E-state index is 13.4. The molecule has 0 bridgehead atoms. The third kappa shape index (κ3) is 4.16.